The smallest absolute Gasteiger partial charge is 0.408 e. The maximum atomic E-state index is 15.6. The van der Waals surface area contributed by atoms with Crippen molar-refractivity contribution in [2.45, 2.75) is 57.3 Å². The molecule has 7 heteroatoms. The number of nitrogens with zero attached hydrogens (tertiary/aromatic N) is 1. The van der Waals surface area contributed by atoms with E-state index in [2.05, 4.69) is 10.3 Å². The summed E-state index contributed by atoms with van der Waals surface area (Å²) in [4.78, 5) is 17.0. The Kier molecular flexibility index (Phi) is 5.85. The number of aliphatic hydroxyl groups is 1. The molecule has 0 bridgehead atoms. The number of benzene rings is 2. The van der Waals surface area contributed by atoms with Gasteiger partial charge < -0.3 is 20.9 Å². The molecule has 0 aliphatic heterocycles. The van der Waals surface area contributed by atoms with Crippen LogP contribution >= 0.6 is 0 Å². The number of carbonyl (C=O) groups is 1. The van der Waals surface area contributed by atoms with Crippen molar-refractivity contribution < 1.29 is 19.0 Å². The van der Waals surface area contributed by atoms with Crippen LogP contribution in [0.25, 0.3) is 22.4 Å². The van der Waals surface area contributed by atoms with Crippen LogP contribution in [0, 0.1) is 5.82 Å². The summed E-state index contributed by atoms with van der Waals surface area (Å²) in [7, 11) is 0. The molecule has 1 aromatic heterocycles. The monoisotopic (exact) mass is 463 g/mol. The highest BCUT2D eigenvalue weighted by molar-refractivity contribution is 5.82. The number of nitrogens with two attached hydrogens (primary N) is 1. The van der Waals surface area contributed by atoms with E-state index in [1.807, 2.05) is 57.2 Å². The first-order valence-electron chi connectivity index (χ1n) is 11.2. The maximum Gasteiger partial charge on any atom is 0.408 e. The van der Waals surface area contributed by atoms with E-state index < -0.39 is 28.7 Å². The van der Waals surface area contributed by atoms with Crippen LogP contribution in [-0.4, -0.2) is 27.3 Å². The van der Waals surface area contributed by atoms with Gasteiger partial charge in [-0.3, -0.25) is 4.98 Å². The fourth-order valence-electron chi connectivity index (χ4n) is 4.59. The average molecular weight is 464 g/mol. The molecule has 0 atom stereocenters. The zero-order valence-electron chi connectivity index (χ0n) is 19.9. The van der Waals surface area contributed by atoms with Crippen molar-refractivity contribution in [2.75, 3.05) is 5.73 Å². The third-order valence-corrected chi connectivity index (χ3v) is 5.82. The van der Waals surface area contributed by atoms with E-state index in [1.54, 1.807) is 19.1 Å². The summed E-state index contributed by atoms with van der Waals surface area (Å²) < 4.78 is 21.3. The Bertz CT molecular complexity index is 1210. The number of ether oxygens (including phenoxy) is 1. The van der Waals surface area contributed by atoms with E-state index >= 15 is 4.39 Å². The lowest BCUT2D eigenvalue weighted by Crippen LogP contribution is -2.57. The topological polar surface area (TPSA) is 97.5 Å². The lowest BCUT2D eigenvalue weighted by Gasteiger charge is -2.51. The van der Waals surface area contributed by atoms with E-state index in [0.717, 1.165) is 11.1 Å². The third-order valence-electron chi connectivity index (χ3n) is 5.82. The Morgan fingerprint density at radius 3 is 2.38 bits per heavy atom. The van der Waals surface area contributed by atoms with Crippen LogP contribution in [0.15, 0.2) is 60.8 Å². The summed E-state index contributed by atoms with van der Waals surface area (Å²) in [6.45, 7) is 7.14. The molecule has 1 aliphatic rings. The highest BCUT2D eigenvalue weighted by atomic mass is 19.1. The van der Waals surface area contributed by atoms with Crippen LogP contribution in [0.4, 0.5) is 14.9 Å². The van der Waals surface area contributed by atoms with Crippen molar-refractivity contribution >= 4 is 11.8 Å². The van der Waals surface area contributed by atoms with Crippen LogP contribution in [0.2, 0.25) is 0 Å². The molecule has 1 fully saturated rings. The van der Waals surface area contributed by atoms with Gasteiger partial charge in [-0.2, -0.15) is 0 Å². The van der Waals surface area contributed by atoms with Gasteiger partial charge in [0.2, 0.25) is 0 Å². The molecule has 1 saturated carbocycles. The second kappa shape index (κ2) is 8.40. The number of halogens is 1. The number of hydrogen-bond donors (Lipinski definition) is 3. The van der Waals surface area contributed by atoms with Gasteiger partial charge in [-0.1, -0.05) is 42.5 Å². The SMILES string of the molecule is CC1(O)CC(OC(=O)NC(C)(C)C)(c2ccc(-c3ncc(N)cc3-c3ccccc3)cc2F)C1. The maximum absolute atomic E-state index is 15.6. The van der Waals surface area contributed by atoms with E-state index in [9.17, 15) is 9.90 Å². The van der Waals surface area contributed by atoms with Gasteiger partial charge >= 0.3 is 6.09 Å². The number of amides is 1. The fraction of sp³-hybridized carbons (Fsp3) is 0.333. The van der Waals surface area contributed by atoms with Gasteiger partial charge in [-0.15, -0.1) is 0 Å². The molecule has 4 N–H and O–H groups in total. The van der Waals surface area contributed by atoms with Gasteiger partial charge in [0.25, 0.3) is 0 Å². The van der Waals surface area contributed by atoms with E-state index in [1.165, 1.54) is 12.3 Å². The van der Waals surface area contributed by atoms with Crippen LogP contribution in [0.3, 0.4) is 0 Å². The van der Waals surface area contributed by atoms with Crippen LogP contribution < -0.4 is 11.1 Å². The Morgan fingerprint density at radius 2 is 1.79 bits per heavy atom. The predicted octanol–water partition coefficient (Wildman–Crippen LogP) is 5.40. The number of rotatable bonds is 4. The predicted molar refractivity (Wildman–Crippen MR) is 130 cm³/mol. The fourth-order valence-corrected chi connectivity index (χ4v) is 4.59. The zero-order chi connectivity index (χ0) is 24.7. The van der Waals surface area contributed by atoms with Crippen LogP contribution in [0.1, 0.15) is 46.1 Å². The van der Waals surface area contributed by atoms with Crippen molar-refractivity contribution in [1.29, 1.82) is 0 Å². The van der Waals surface area contributed by atoms with E-state index in [0.29, 0.717) is 16.9 Å². The molecule has 1 aliphatic carbocycles. The lowest BCUT2D eigenvalue weighted by atomic mass is 9.64. The number of hydrogen-bond acceptors (Lipinski definition) is 5. The average Bonchev–Trinajstić information content (AvgIpc) is 2.71. The molecule has 0 spiro atoms. The molecule has 0 unspecified atom stereocenters. The second-order valence-corrected chi connectivity index (χ2v) is 10.3. The van der Waals surface area contributed by atoms with Crippen molar-refractivity contribution in [1.82, 2.24) is 10.3 Å². The summed E-state index contributed by atoms with van der Waals surface area (Å²) in [5.74, 6) is -0.533. The lowest BCUT2D eigenvalue weighted by molar-refractivity contribution is -0.178. The highest BCUT2D eigenvalue weighted by Gasteiger charge is 2.56. The molecule has 6 nitrogen and oxygen atoms in total. The number of anilines is 1. The van der Waals surface area contributed by atoms with Crippen molar-refractivity contribution in [2.24, 2.45) is 0 Å². The molecular weight excluding hydrogens is 433 g/mol. The number of pyridine rings is 1. The Balaban J connectivity index is 1.72. The molecule has 1 heterocycles. The summed E-state index contributed by atoms with van der Waals surface area (Å²) in [6, 6.07) is 16.2. The molecule has 0 saturated heterocycles. The van der Waals surface area contributed by atoms with Gasteiger partial charge in [0.1, 0.15) is 11.4 Å². The first-order chi connectivity index (χ1) is 15.9. The van der Waals surface area contributed by atoms with E-state index in [4.69, 9.17) is 10.5 Å². The number of alkyl carbamates (subject to hydrolysis) is 1. The van der Waals surface area contributed by atoms with Gasteiger partial charge in [0, 0.05) is 35.1 Å². The summed E-state index contributed by atoms with van der Waals surface area (Å²) in [6.07, 6.45) is 1.09. The van der Waals surface area contributed by atoms with Crippen molar-refractivity contribution in [3.05, 3.63) is 72.2 Å². The van der Waals surface area contributed by atoms with Gasteiger partial charge in [-0.05, 0) is 45.4 Å². The van der Waals surface area contributed by atoms with Crippen LogP contribution in [-0.2, 0) is 10.3 Å². The number of nitrogens with one attached hydrogen (secondary N) is 1. The first-order valence-corrected chi connectivity index (χ1v) is 11.2. The summed E-state index contributed by atoms with van der Waals surface area (Å²) in [5, 5.41) is 13.2. The number of aromatic nitrogens is 1. The third kappa shape index (κ3) is 4.89. The molecular formula is C27H30FN3O3. The molecule has 4 rings (SSSR count). The summed E-state index contributed by atoms with van der Waals surface area (Å²) in [5.41, 5.74) is 6.76. The van der Waals surface area contributed by atoms with Gasteiger partial charge in [0.05, 0.1) is 23.2 Å². The highest BCUT2D eigenvalue weighted by Crippen LogP contribution is 2.52. The molecule has 1 amide bonds. The Hall–Kier alpha value is -3.45. The summed E-state index contributed by atoms with van der Waals surface area (Å²) >= 11 is 0. The van der Waals surface area contributed by atoms with Gasteiger partial charge in [-0.25, -0.2) is 9.18 Å². The van der Waals surface area contributed by atoms with E-state index in [-0.39, 0.29) is 18.4 Å². The second-order valence-electron chi connectivity index (χ2n) is 10.3. The molecule has 2 aromatic carbocycles. The molecule has 0 radical (unpaired) electrons. The van der Waals surface area contributed by atoms with Crippen LogP contribution in [0.5, 0.6) is 0 Å². The Morgan fingerprint density at radius 1 is 1.12 bits per heavy atom. The molecule has 3 aromatic rings. The minimum Gasteiger partial charge on any atom is -0.438 e. The normalized spacial score (nSPS) is 22.1. The quantitative estimate of drug-likeness (QED) is 0.481. The molecule has 178 valence electrons. The minimum atomic E-state index is -1.25. The zero-order valence-corrected chi connectivity index (χ0v) is 19.9. The first kappa shape index (κ1) is 23.7. The molecule has 34 heavy (non-hydrogen) atoms. The Labute approximate surface area is 199 Å². The van der Waals surface area contributed by atoms with Crippen molar-refractivity contribution in [3.8, 4) is 22.4 Å². The largest absolute Gasteiger partial charge is 0.438 e. The van der Waals surface area contributed by atoms with Crippen molar-refractivity contribution in [3.63, 3.8) is 0 Å². The number of nitrogen functional groups attached to an aromatic ring is 1. The van der Waals surface area contributed by atoms with Gasteiger partial charge in [0.15, 0.2) is 0 Å². The number of carbonyl (C=O) groups excluding carboxylic acids is 1. The standard InChI is InChI=1S/C27H30FN3O3/c1-25(2,3)31-24(32)34-27(15-26(4,33)16-27)21-11-10-18(12-22(21)28)23-20(13-19(29)14-30-23)17-8-6-5-7-9-17/h5-14,33H,15-16,29H2,1-4H3,(H,31,32). The minimum absolute atomic E-state index is 0.100.